The average molecular weight is 304 g/mol. The van der Waals surface area contributed by atoms with Gasteiger partial charge in [-0.15, -0.1) is 0 Å². The predicted molar refractivity (Wildman–Crippen MR) is 88.7 cm³/mol. The maximum absolute atomic E-state index is 12.2. The van der Waals surface area contributed by atoms with Gasteiger partial charge in [0.1, 0.15) is 0 Å². The molecule has 1 saturated heterocycles. The first-order valence-corrected chi connectivity index (χ1v) is 8.16. The summed E-state index contributed by atoms with van der Waals surface area (Å²) < 4.78 is 5.06. The number of ether oxygens (including phenoxy) is 1. The van der Waals surface area contributed by atoms with E-state index in [0.717, 1.165) is 32.5 Å². The summed E-state index contributed by atoms with van der Waals surface area (Å²) in [6.07, 6.45) is 1.88. The Bertz CT molecular complexity index is 482. The number of amides is 1. The van der Waals surface area contributed by atoms with E-state index in [1.807, 2.05) is 6.92 Å². The second-order valence-corrected chi connectivity index (χ2v) is 6.34. The van der Waals surface area contributed by atoms with E-state index in [-0.39, 0.29) is 17.9 Å². The zero-order chi connectivity index (χ0) is 15.9. The lowest BCUT2D eigenvalue weighted by Gasteiger charge is -2.32. The first kappa shape index (κ1) is 17.0. The van der Waals surface area contributed by atoms with Crippen molar-refractivity contribution < 1.29 is 9.53 Å². The Morgan fingerprint density at radius 3 is 2.68 bits per heavy atom. The first-order chi connectivity index (χ1) is 10.6. The van der Waals surface area contributed by atoms with Gasteiger partial charge in [-0.3, -0.25) is 9.69 Å². The number of likely N-dealkylation sites (tertiary alicyclic amines) is 1. The van der Waals surface area contributed by atoms with Crippen molar-refractivity contribution in [3.8, 4) is 0 Å². The van der Waals surface area contributed by atoms with Gasteiger partial charge in [0, 0.05) is 25.6 Å². The fourth-order valence-corrected chi connectivity index (χ4v) is 3.03. The Kier molecular flexibility index (Phi) is 6.40. The van der Waals surface area contributed by atoms with Crippen molar-refractivity contribution in [1.29, 1.82) is 0 Å². The average Bonchev–Trinajstić information content (AvgIpc) is 2.50. The lowest BCUT2D eigenvalue weighted by molar-refractivity contribution is -0.127. The van der Waals surface area contributed by atoms with E-state index in [2.05, 4.69) is 41.4 Å². The number of piperidine rings is 1. The summed E-state index contributed by atoms with van der Waals surface area (Å²) in [5.41, 5.74) is 2.73. The van der Waals surface area contributed by atoms with Gasteiger partial charge in [0.05, 0.1) is 6.61 Å². The van der Waals surface area contributed by atoms with Crippen LogP contribution < -0.4 is 5.32 Å². The molecule has 1 N–H and O–H groups in total. The molecule has 0 unspecified atom stereocenters. The molecular weight excluding hydrogens is 276 g/mol. The minimum atomic E-state index is 0.0856. The van der Waals surface area contributed by atoms with Crippen LogP contribution in [0.5, 0.6) is 0 Å². The number of nitrogens with zero attached hydrogens (tertiary/aromatic N) is 1. The molecule has 0 aromatic heterocycles. The molecule has 122 valence electrons. The quantitative estimate of drug-likeness (QED) is 0.877. The fourth-order valence-electron chi connectivity index (χ4n) is 3.03. The van der Waals surface area contributed by atoms with Crippen LogP contribution in [0.3, 0.4) is 0 Å². The van der Waals surface area contributed by atoms with Crippen LogP contribution in [0.25, 0.3) is 0 Å². The molecule has 1 aromatic rings. The van der Waals surface area contributed by atoms with Crippen molar-refractivity contribution in [1.82, 2.24) is 10.2 Å². The number of nitrogens with one attached hydrogen (secondary N) is 1. The molecule has 1 amide bonds. The van der Waals surface area contributed by atoms with Crippen LogP contribution in [0, 0.1) is 12.8 Å². The zero-order valence-corrected chi connectivity index (χ0v) is 14.0. The van der Waals surface area contributed by atoms with Gasteiger partial charge in [0.2, 0.25) is 5.91 Å². The highest BCUT2D eigenvalue weighted by molar-refractivity contribution is 5.79. The lowest BCUT2D eigenvalue weighted by Crippen LogP contribution is -2.44. The second-order valence-electron chi connectivity index (χ2n) is 6.34. The minimum Gasteiger partial charge on any atom is -0.383 e. The summed E-state index contributed by atoms with van der Waals surface area (Å²) in [6.45, 7) is 7.68. The largest absolute Gasteiger partial charge is 0.383 e. The van der Waals surface area contributed by atoms with Gasteiger partial charge in [-0.2, -0.15) is 0 Å². The minimum absolute atomic E-state index is 0.0856. The highest BCUT2D eigenvalue weighted by Crippen LogP contribution is 2.20. The van der Waals surface area contributed by atoms with Crippen molar-refractivity contribution in [2.75, 3.05) is 26.8 Å². The Balaban J connectivity index is 1.78. The van der Waals surface area contributed by atoms with Crippen LogP contribution >= 0.6 is 0 Å². The standard InChI is InChI=1S/C18H28N2O2/c1-14-6-4-5-7-17(14)12-20-10-8-16(9-11-20)18(21)19-15(2)13-22-3/h4-7,15-16H,8-13H2,1-3H3,(H,19,21)/t15-/m0/s1. The second kappa shape index (κ2) is 8.30. The monoisotopic (exact) mass is 304 g/mol. The maximum Gasteiger partial charge on any atom is 0.223 e. The molecular formula is C18H28N2O2. The molecule has 0 saturated carbocycles. The molecule has 1 fully saturated rings. The third-order valence-corrected chi connectivity index (χ3v) is 4.42. The Morgan fingerprint density at radius 2 is 2.05 bits per heavy atom. The van der Waals surface area contributed by atoms with E-state index in [9.17, 15) is 4.79 Å². The van der Waals surface area contributed by atoms with E-state index in [1.54, 1.807) is 7.11 Å². The molecule has 0 bridgehead atoms. The topological polar surface area (TPSA) is 41.6 Å². The van der Waals surface area contributed by atoms with Crippen LogP contribution in [0.1, 0.15) is 30.9 Å². The number of hydrogen-bond acceptors (Lipinski definition) is 3. The Morgan fingerprint density at radius 1 is 1.36 bits per heavy atom. The Hall–Kier alpha value is -1.39. The van der Waals surface area contributed by atoms with E-state index in [0.29, 0.717) is 6.61 Å². The van der Waals surface area contributed by atoms with Gasteiger partial charge in [-0.1, -0.05) is 24.3 Å². The van der Waals surface area contributed by atoms with Crippen LogP contribution in [-0.4, -0.2) is 43.7 Å². The van der Waals surface area contributed by atoms with Gasteiger partial charge in [0.25, 0.3) is 0 Å². The summed E-state index contributed by atoms with van der Waals surface area (Å²) in [7, 11) is 1.66. The number of hydrogen-bond donors (Lipinski definition) is 1. The number of aryl methyl sites for hydroxylation is 1. The molecule has 1 atom stereocenters. The molecule has 1 aromatic carbocycles. The molecule has 4 heteroatoms. The van der Waals surface area contributed by atoms with Gasteiger partial charge in [-0.05, 0) is 50.9 Å². The summed E-state index contributed by atoms with van der Waals surface area (Å²) >= 11 is 0. The van der Waals surface area contributed by atoms with Crippen LogP contribution in [-0.2, 0) is 16.1 Å². The summed E-state index contributed by atoms with van der Waals surface area (Å²) in [5, 5.41) is 3.04. The van der Waals surface area contributed by atoms with Gasteiger partial charge in [-0.25, -0.2) is 0 Å². The highest BCUT2D eigenvalue weighted by Gasteiger charge is 2.25. The van der Waals surface area contributed by atoms with Crippen molar-refractivity contribution in [3.05, 3.63) is 35.4 Å². The summed E-state index contributed by atoms with van der Waals surface area (Å²) in [6, 6.07) is 8.62. The van der Waals surface area contributed by atoms with E-state index in [4.69, 9.17) is 4.74 Å². The number of rotatable bonds is 6. The third-order valence-electron chi connectivity index (χ3n) is 4.42. The Labute approximate surface area is 133 Å². The highest BCUT2D eigenvalue weighted by atomic mass is 16.5. The number of benzene rings is 1. The van der Waals surface area contributed by atoms with Gasteiger partial charge >= 0.3 is 0 Å². The van der Waals surface area contributed by atoms with Crippen molar-refractivity contribution in [3.63, 3.8) is 0 Å². The molecule has 1 aliphatic rings. The molecule has 4 nitrogen and oxygen atoms in total. The predicted octanol–water partition coefficient (Wildman–Crippen LogP) is 2.36. The van der Waals surface area contributed by atoms with Crippen LogP contribution in [0.4, 0.5) is 0 Å². The van der Waals surface area contributed by atoms with E-state index < -0.39 is 0 Å². The number of carbonyl (C=O) groups is 1. The van der Waals surface area contributed by atoms with E-state index in [1.165, 1.54) is 11.1 Å². The number of carbonyl (C=O) groups excluding carboxylic acids is 1. The van der Waals surface area contributed by atoms with Crippen LogP contribution in [0.15, 0.2) is 24.3 Å². The molecule has 22 heavy (non-hydrogen) atoms. The molecule has 1 aliphatic heterocycles. The van der Waals surface area contributed by atoms with Gasteiger partial charge < -0.3 is 10.1 Å². The van der Waals surface area contributed by atoms with Crippen molar-refractivity contribution in [2.45, 2.75) is 39.3 Å². The smallest absolute Gasteiger partial charge is 0.223 e. The molecule has 2 rings (SSSR count). The zero-order valence-electron chi connectivity index (χ0n) is 14.0. The first-order valence-electron chi connectivity index (χ1n) is 8.16. The van der Waals surface area contributed by atoms with E-state index >= 15 is 0 Å². The molecule has 0 aliphatic carbocycles. The van der Waals surface area contributed by atoms with Crippen molar-refractivity contribution >= 4 is 5.91 Å². The third kappa shape index (κ3) is 4.82. The molecule has 0 radical (unpaired) electrons. The van der Waals surface area contributed by atoms with Crippen molar-refractivity contribution in [2.24, 2.45) is 5.92 Å². The molecule has 0 spiro atoms. The maximum atomic E-state index is 12.2. The summed E-state index contributed by atoms with van der Waals surface area (Å²) in [5.74, 6) is 0.326. The SMILES string of the molecule is COC[C@H](C)NC(=O)C1CCN(Cc2ccccc2C)CC1. The number of methoxy groups -OCH3 is 1. The van der Waals surface area contributed by atoms with Crippen LogP contribution in [0.2, 0.25) is 0 Å². The lowest BCUT2D eigenvalue weighted by atomic mass is 9.95. The molecule has 1 heterocycles. The normalized spacial score (nSPS) is 18.1. The fraction of sp³-hybridized carbons (Fsp3) is 0.611. The van der Waals surface area contributed by atoms with Gasteiger partial charge in [0.15, 0.2) is 0 Å². The summed E-state index contributed by atoms with van der Waals surface area (Å²) in [4.78, 5) is 14.7.